The van der Waals surface area contributed by atoms with Gasteiger partial charge in [-0.05, 0) is 42.0 Å². The molecule has 0 saturated heterocycles. The molecule has 1 aromatic heterocycles. The van der Waals surface area contributed by atoms with E-state index in [2.05, 4.69) is 10.2 Å². The minimum absolute atomic E-state index is 0.0446. The number of benzene rings is 3. The summed E-state index contributed by atoms with van der Waals surface area (Å²) in [4.78, 5) is 17.4. The van der Waals surface area contributed by atoms with E-state index < -0.39 is 6.04 Å². The third kappa shape index (κ3) is 3.38. The Morgan fingerprint density at radius 1 is 1.03 bits per heavy atom. The summed E-state index contributed by atoms with van der Waals surface area (Å²) < 4.78 is 5.36. The van der Waals surface area contributed by atoms with Gasteiger partial charge in [-0.15, -0.1) is 0 Å². The van der Waals surface area contributed by atoms with Crippen molar-refractivity contribution in [2.75, 3.05) is 31.0 Å². The number of ether oxygens (including phenoxy) is 1. The number of aromatic amines is 1. The fourth-order valence-electron chi connectivity index (χ4n) is 4.32. The van der Waals surface area contributed by atoms with Gasteiger partial charge in [0.15, 0.2) is 11.5 Å². The molecule has 7 heteroatoms. The highest BCUT2D eigenvalue weighted by molar-refractivity contribution is 6.11. The first-order valence-electron chi connectivity index (χ1n) is 10.6. The molecule has 3 aromatic carbocycles. The number of fused-ring (bicyclic) bond motifs is 1. The summed E-state index contributed by atoms with van der Waals surface area (Å²) in [6.07, 6.45) is 0. The van der Waals surface area contributed by atoms with E-state index in [4.69, 9.17) is 4.74 Å². The van der Waals surface area contributed by atoms with E-state index in [9.17, 15) is 9.90 Å². The Balaban J connectivity index is 1.70. The lowest BCUT2D eigenvalue weighted by Gasteiger charge is -2.27. The highest BCUT2D eigenvalue weighted by Crippen LogP contribution is 2.46. The number of nitrogens with zero attached hydrogens (tertiary/aromatic N) is 3. The molecular weight excluding hydrogens is 416 g/mol. The second-order valence-electron chi connectivity index (χ2n) is 8.15. The summed E-state index contributed by atoms with van der Waals surface area (Å²) in [5.74, 6) is 0.235. The van der Waals surface area contributed by atoms with Crippen molar-refractivity contribution in [1.82, 2.24) is 10.2 Å². The number of rotatable bonds is 5. The number of carbonyl (C=O) groups is 1. The van der Waals surface area contributed by atoms with Gasteiger partial charge in [-0.1, -0.05) is 36.4 Å². The number of aromatic nitrogens is 2. The molecule has 0 radical (unpaired) electrons. The average molecular weight is 441 g/mol. The molecule has 0 aliphatic carbocycles. The Morgan fingerprint density at radius 3 is 2.42 bits per heavy atom. The van der Waals surface area contributed by atoms with Crippen LogP contribution in [0, 0.1) is 0 Å². The SMILES string of the molecule is COc1cc(C2c3c(-c4ccccc4)n[nH]c3C(=O)N2c2ccc(N(C)C)cc2)ccc1O. The average Bonchev–Trinajstić information content (AvgIpc) is 3.39. The molecule has 1 amide bonds. The van der Waals surface area contributed by atoms with Crippen LogP contribution in [0.4, 0.5) is 11.4 Å². The number of hydrogen-bond donors (Lipinski definition) is 2. The van der Waals surface area contributed by atoms with Crippen molar-refractivity contribution >= 4 is 17.3 Å². The number of phenols is 1. The predicted molar refractivity (Wildman–Crippen MR) is 128 cm³/mol. The van der Waals surface area contributed by atoms with E-state index >= 15 is 0 Å². The van der Waals surface area contributed by atoms with Crippen LogP contribution in [0.15, 0.2) is 72.8 Å². The van der Waals surface area contributed by atoms with Crippen molar-refractivity contribution in [2.24, 2.45) is 0 Å². The largest absolute Gasteiger partial charge is 0.504 e. The van der Waals surface area contributed by atoms with Crippen LogP contribution in [-0.2, 0) is 0 Å². The molecule has 0 spiro atoms. The zero-order chi connectivity index (χ0) is 23.1. The molecule has 2 heterocycles. The Kier molecular flexibility index (Phi) is 5.01. The van der Waals surface area contributed by atoms with Gasteiger partial charge in [0.2, 0.25) is 0 Å². The van der Waals surface area contributed by atoms with Crippen molar-refractivity contribution in [3.05, 3.63) is 89.6 Å². The first-order chi connectivity index (χ1) is 16.0. The van der Waals surface area contributed by atoms with Gasteiger partial charge in [-0.25, -0.2) is 0 Å². The van der Waals surface area contributed by atoms with Crippen LogP contribution in [0.3, 0.4) is 0 Å². The van der Waals surface area contributed by atoms with Gasteiger partial charge in [0.05, 0.1) is 18.8 Å². The minimum Gasteiger partial charge on any atom is -0.504 e. The maximum Gasteiger partial charge on any atom is 0.277 e. The Hall–Kier alpha value is -4.26. The van der Waals surface area contributed by atoms with Gasteiger partial charge >= 0.3 is 0 Å². The summed E-state index contributed by atoms with van der Waals surface area (Å²) >= 11 is 0. The first kappa shape index (κ1) is 20.6. The molecule has 0 bridgehead atoms. The van der Waals surface area contributed by atoms with Gasteiger partial charge in [0, 0.05) is 36.6 Å². The van der Waals surface area contributed by atoms with Crippen molar-refractivity contribution in [1.29, 1.82) is 0 Å². The molecule has 0 fully saturated rings. The molecule has 166 valence electrons. The van der Waals surface area contributed by atoms with Crippen molar-refractivity contribution in [2.45, 2.75) is 6.04 Å². The van der Waals surface area contributed by atoms with Gasteiger partial charge in [-0.3, -0.25) is 14.8 Å². The van der Waals surface area contributed by atoms with E-state index in [1.807, 2.05) is 79.7 Å². The standard InChI is InChI=1S/C26H24N4O3/c1-29(2)18-10-12-19(13-11-18)30-25(17-9-14-20(31)21(15-17)33-3)22-23(16-7-5-4-6-8-16)27-28-24(22)26(30)32/h4-15,25,31H,1-3H3,(H,27,28). The normalized spacial score (nSPS) is 14.9. The number of H-pyrrole nitrogens is 1. The number of anilines is 2. The van der Waals surface area contributed by atoms with E-state index in [1.165, 1.54) is 7.11 Å². The number of hydrogen-bond acceptors (Lipinski definition) is 5. The topological polar surface area (TPSA) is 81.7 Å². The lowest BCUT2D eigenvalue weighted by Crippen LogP contribution is -2.29. The summed E-state index contributed by atoms with van der Waals surface area (Å²) in [7, 11) is 5.46. The van der Waals surface area contributed by atoms with E-state index in [-0.39, 0.29) is 11.7 Å². The van der Waals surface area contributed by atoms with Crippen LogP contribution >= 0.6 is 0 Å². The maximum atomic E-state index is 13.6. The third-order valence-corrected chi connectivity index (χ3v) is 5.98. The molecule has 5 rings (SSSR count). The number of phenolic OH excluding ortho intramolecular Hbond substituents is 1. The number of amides is 1. The molecule has 1 aliphatic rings. The van der Waals surface area contributed by atoms with Gasteiger partial charge in [0.25, 0.3) is 5.91 Å². The summed E-state index contributed by atoms with van der Waals surface area (Å²) in [5.41, 5.74) is 5.53. The predicted octanol–water partition coefficient (Wildman–Crippen LogP) is 4.61. The third-order valence-electron chi connectivity index (χ3n) is 5.98. The number of methoxy groups -OCH3 is 1. The summed E-state index contributed by atoms with van der Waals surface area (Å²) in [5, 5.41) is 17.6. The molecule has 2 N–H and O–H groups in total. The van der Waals surface area contributed by atoms with Crippen molar-refractivity contribution in [3.8, 4) is 22.8 Å². The second-order valence-corrected chi connectivity index (χ2v) is 8.15. The van der Waals surface area contributed by atoms with Crippen molar-refractivity contribution < 1.29 is 14.6 Å². The Morgan fingerprint density at radius 2 is 1.76 bits per heavy atom. The molecule has 1 unspecified atom stereocenters. The lowest BCUT2D eigenvalue weighted by atomic mass is 9.95. The van der Waals surface area contributed by atoms with E-state index in [0.29, 0.717) is 11.4 Å². The first-order valence-corrected chi connectivity index (χ1v) is 10.6. The summed E-state index contributed by atoms with van der Waals surface area (Å²) in [6, 6.07) is 22.4. The monoisotopic (exact) mass is 440 g/mol. The van der Waals surface area contributed by atoms with Crippen LogP contribution in [0.2, 0.25) is 0 Å². The number of nitrogens with one attached hydrogen (secondary N) is 1. The van der Waals surface area contributed by atoms with Crippen molar-refractivity contribution in [3.63, 3.8) is 0 Å². The Labute approximate surface area is 191 Å². The number of aromatic hydroxyl groups is 1. The fourth-order valence-corrected chi connectivity index (χ4v) is 4.32. The molecular formula is C26H24N4O3. The zero-order valence-electron chi connectivity index (χ0n) is 18.6. The zero-order valence-corrected chi connectivity index (χ0v) is 18.6. The molecule has 0 saturated carbocycles. The molecule has 7 nitrogen and oxygen atoms in total. The second kappa shape index (κ2) is 8.02. The lowest BCUT2D eigenvalue weighted by molar-refractivity contribution is 0.0988. The molecule has 4 aromatic rings. The highest BCUT2D eigenvalue weighted by atomic mass is 16.5. The van der Waals surface area contributed by atoms with Crippen LogP contribution in [0.25, 0.3) is 11.3 Å². The van der Waals surface area contributed by atoms with Gasteiger partial charge in [-0.2, -0.15) is 5.10 Å². The highest BCUT2D eigenvalue weighted by Gasteiger charge is 2.43. The van der Waals surface area contributed by atoms with Gasteiger partial charge in [0.1, 0.15) is 5.69 Å². The van der Waals surface area contributed by atoms with E-state index in [1.54, 1.807) is 17.0 Å². The smallest absolute Gasteiger partial charge is 0.277 e. The fraction of sp³-hybridized carbons (Fsp3) is 0.154. The van der Waals surface area contributed by atoms with Gasteiger partial charge < -0.3 is 14.7 Å². The minimum atomic E-state index is -0.443. The van der Waals surface area contributed by atoms with Crippen LogP contribution in [0.5, 0.6) is 11.5 Å². The van der Waals surface area contributed by atoms with Crippen LogP contribution in [0.1, 0.15) is 27.7 Å². The summed E-state index contributed by atoms with van der Waals surface area (Å²) in [6.45, 7) is 0. The molecule has 1 aliphatic heterocycles. The molecule has 1 atom stereocenters. The molecule has 33 heavy (non-hydrogen) atoms. The van der Waals surface area contributed by atoms with Crippen LogP contribution < -0.4 is 14.5 Å². The number of carbonyl (C=O) groups excluding carboxylic acids is 1. The maximum absolute atomic E-state index is 13.6. The van der Waals surface area contributed by atoms with Crippen LogP contribution in [-0.4, -0.2) is 42.4 Å². The van der Waals surface area contributed by atoms with E-state index in [0.717, 1.165) is 33.8 Å². The quantitative estimate of drug-likeness (QED) is 0.474. The Bertz CT molecular complexity index is 1310.